The first-order valence-electron chi connectivity index (χ1n) is 6.60. The largest absolute Gasteiger partial charge is 0.456 e. The summed E-state index contributed by atoms with van der Waals surface area (Å²) in [4.78, 5) is 0. The van der Waals surface area contributed by atoms with Gasteiger partial charge in [0.2, 0.25) is 0 Å². The van der Waals surface area contributed by atoms with Crippen LogP contribution in [0.5, 0.6) is 11.5 Å². The highest BCUT2D eigenvalue weighted by atomic mass is 79.9. The molecule has 0 aromatic heterocycles. The second kappa shape index (κ2) is 8.12. The van der Waals surface area contributed by atoms with E-state index >= 15 is 0 Å². The Bertz CT molecular complexity index is 592. The zero-order valence-corrected chi connectivity index (χ0v) is 13.3. The maximum absolute atomic E-state index is 13.1. The molecule has 3 nitrogen and oxygen atoms in total. The monoisotopic (exact) mass is 353 g/mol. The summed E-state index contributed by atoms with van der Waals surface area (Å²) in [6.45, 7) is 2.24. The number of nitrogens with one attached hydrogen (secondary N) is 1. The molecule has 2 rings (SSSR count). The summed E-state index contributed by atoms with van der Waals surface area (Å²) < 4.78 is 24.6. The van der Waals surface area contributed by atoms with E-state index in [1.807, 2.05) is 18.2 Å². The summed E-state index contributed by atoms with van der Waals surface area (Å²) in [6, 6.07) is 11.9. The van der Waals surface area contributed by atoms with E-state index in [4.69, 9.17) is 9.47 Å². The van der Waals surface area contributed by atoms with Crippen molar-refractivity contribution in [3.63, 3.8) is 0 Å². The number of benzene rings is 2. The van der Waals surface area contributed by atoms with Crippen LogP contribution in [-0.2, 0) is 11.3 Å². The molecule has 0 saturated heterocycles. The van der Waals surface area contributed by atoms with Gasteiger partial charge in [-0.2, -0.15) is 0 Å². The van der Waals surface area contributed by atoms with Crippen molar-refractivity contribution >= 4 is 15.9 Å². The van der Waals surface area contributed by atoms with Crippen LogP contribution in [0.4, 0.5) is 4.39 Å². The third-order valence-electron chi connectivity index (χ3n) is 2.83. The number of rotatable bonds is 7. The van der Waals surface area contributed by atoms with Crippen molar-refractivity contribution in [2.45, 2.75) is 6.54 Å². The molecule has 0 unspecified atom stereocenters. The predicted molar refractivity (Wildman–Crippen MR) is 84.2 cm³/mol. The van der Waals surface area contributed by atoms with Crippen LogP contribution in [-0.4, -0.2) is 20.3 Å². The fourth-order valence-electron chi connectivity index (χ4n) is 1.80. The van der Waals surface area contributed by atoms with E-state index in [1.54, 1.807) is 19.2 Å². The Balaban J connectivity index is 1.98. The number of hydrogen-bond acceptors (Lipinski definition) is 3. The molecular weight excluding hydrogens is 337 g/mol. The Kier molecular flexibility index (Phi) is 6.17. The van der Waals surface area contributed by atoms with Crippen LogP contribution in [0, 0.1) is 5.82 Å². The first kappa shape index (κ1) is 15.9. The van der Waals surface area contributed by atoms with Gasteiger partial charge in [-0.15, -0.1) is 0 Å². The van der Waals surface area contributed by atoms with Crippen molar-refractivity contribution in [2.24, 2.45) is 0 Å². The van der Waals surface area contributed by atoms with Gasteiger partial charge in [0.1, 0.15) is 17.3 Å². The highest BCUT2D eigenvalue weighted by Gasteiger charge is 2.05. The molecule has 2 aromatic rings. The summed E-state index contributed by atoms with van der Waals surface area (Å²) >= 11 is 3.47. The zero-order valence-electron chi connectivity index (χ0n) is 11.7. The van der Waals surface area contributed by atoms with Crippen LogP contribution in [0.3, 0.4) is 0 Å². The second-order valence-electron chi connectivity index (χ2n) is 4.49. The number of methoxy groups -OCH3 is 1. The molecule has 0 bridgehead atoms. The van der Waals surface area contributed by atoms with Gasteiger partial charge in [0.25, 0.3) is 0 Å². The van der Waals surface area contributed by atoms with Crippen molar-refractivity contribution in [2.75, 3.05) is 20.3 Å². The number of ether oxygens (including phenoxy) is 2. The highest BCUT2D eigenvalue weighted by molar-refractivity contribution is 9.10. The number of halogens is 2. The van der Waals surface area contributed by atoms with Crippen molar-refractivity contribution < 1.29 is 13.9 Å². The first-order valence-corrected chi connectivity index (χ1v) is 7.40. The summed E-state index contributed by atoms with van der Waals surface area (Å²) in [5, 5.41) is 3.27. The third-order valence-corrected chi connectivity index (χ3v) is 3.45. The van der Waals surface area contributed by atoms with Gasteiger partial charge in [-0.1, -0.05) is 12.1 Å². The molecule has 0 aliphatic carbocycles. The molecule has 0 aliphatic rings. The Labute approximate surface area is 132 Å². The average molecular weight is 354 g/mol. The summed E-state index contributed by atoms with van der Waals surface area (Å²) in [7, 11) is 1.68. The van der Waals surface area contributed by atoms with Crippen molar-refractivity contribution in [1.82, 2.24) is 5.32 Å². The molecule has 21 heavy (non-hydrogen) atoms. The molecule has 112 valence electrons. The van der Waals surface area contributed by atoms with Gasteiger partial charge < -0.3 is 14.8 Å². The molecule has 5 heteroatoms. The quantitative estimate of drug-likeness (QED) is 0.759. The third kappa shape index (κ3) is 5.12. The molecule has 1 N–H and O–H groups in total. The van der Waals surface area contributed by atoms with E-state index in [0.717, 1.165) is 23.1 Å². The lowest BCUT2D eigenvalue weighted by Crippen LogP contribution is -2.18. The fraction of sp³-hybridized carbons (Fsp3) is 0.250. The predicted octanol–water partition coefficient (Wildman–Crippen LogP) is 4.12. The van der Waals surface area contributed by atoms with Crippen molar-refractivity contribution in [3.8, 4) is 11.5 Å². The lowest BCUT2D eigenvalue weighted by molar-refractivity contribution is 0.199. The Hall–Kier alpha value is -1.43. The van der Waals surface area contributed by atoms with E-state index in [1.165, 1.54) is 12.1 Å². The van der Waals surface area contributed by atoms with Crippen LogP contribution in [0.25, 0.3) is 0 Å². The van der Waals surface area contributed by atoms with Gasteiger partial charge in [0, 0.05) is 26.3 Å². The molecule has 0 aliphatic heterocycles. The zero-order chi connectivity index (χ0) is 15.1. The van der Waals surface area contributed by atoms with E-state index in [2.05, 4.69) is 21.2 Å². The minimum atomic E-state index is -0.317. The molecule has 0 fully saturated rings. The highest BCUT2D eigenvalue weighted by Crippen LogP contribution is 2.30. The van der Waals surface area contributed by atoms with Gasteiger partial charge in [-0.25, -0.2) is 4.39 Å². The van der Waals surface area contributed by atoms with Crippen LogP contribution in [0.1, 0.15) is 5.56 Å². The first-order chi connectivity index (χ1) is 10.2. The summed E-state index contributed by atoms with van der Waals surface area (Å²) in [5.74, 6) is 0.811. The molecular formula is C16H17BrFNO2. The van der Waals surface area contributed by atoms with E-state index in [9.17, 15) is 4.39 Å². The van der Waals surface area contributed by atoms with Crippen molar-refractivity contribution in [3.05, 3.63) is 58.3 Å². The van der Waals surface area contributed by atoms with Crippen LogP contribution >= 0.6 is 15.9 Å². The van der Waals surface area contributed by atoms with Gasteiger partial charge in [0.05, 0.1) is 11.1 Å². The SMILES string of the molecule is COCCNCc1ccc(Oc2cccc(F)c2)c(Br)c1. The van der Waals surface area contributed by atoms with Crippen molar-refractivity contribution in [1.29, 1.82) is 0 Å². The molecule has 0 heterocycles. The Morgan fingerprint density at radius 1 is 1.19 bits per heavy atom. The second-order valence-corrected chi connectivity index (χ2v) is 5.35. The minimum Gasteiger partial charge on any atom is -0.456 e. The number of hydrogen-bond donors (Lipinski definition) is 1. The molecule has 2 aromatic carbocycles. The van der Waals surface area contributed by atoms with E-state index < -0.39 is 0 Å². The Morgan fingerprint density at radius 2 is 2.05 bits per heavy atom. The van der Waals surface area contributed by atoms with Gasteiger partial charge in [-0.3, -0.25) is 0 Å². The smallest absolute Gasteiger partial charge is 0.141 e. The standard InChI is InChI=1S/C16H17BrFNO2/c1-20-8-7-19-11-12-5-6-16(15(17)9-12)21-14-4-2-3-13(18)10-14/h2-6,9-10,19H,7-8,11H2,1H3. The molecule has 0 amide bonds. The van der Waals surface area contributed by atoms with Gasteiger partial charge >= 0.3 is 0 Å². The molecule has 0 radical (unpaired) electrons. The Morgan fingerprint density at radius 3 is 2.76 bits per heavy atom. The van der Waals surface area contributed by atoms with Gasteiger partial charge in [-0.05, 0) is 45.8 Å². The average Bonchev–Trinajstić information content (AvgIpc) is 2.46. The normalized spacial score (nSPS) is 10.6. The summed E-state index contributed by atoms with van der Waals surface area (Å²) in [5.41, 5.74) is 1.13. The lowest BCUT2D eigenvalue weighted by Gasteiger charge is -2.10. The topological polar surface area (TPSA) is 30.5 Å². The van der Waals surface area contributed by atoms with Gasteiger partial charge in [0.15, 0.2) is 0 Å². The summed E-state index contributed by atoms with van der Waals surface area (Å²) in [6.07, 6.45) is 0. The lowest BCUT2D eigenvalue weighted by atomic mass is 10.2. The molecule has 0 atom stereocenters. The molecule has 0 saturated carbocycles. The minimum absolute atomic E-state index is 0.317. The molecule has 0 spiro atoms. The van der Waals surface area contributed by atoms with E-state index in [-0.39, 0.29) is 5.82 Å². The van der Waals surface area contributed by atoms with E-state index in [0.29, 0.717) is 18.1 Å². The fourth-order valence-corrected chi connectivity index (χ4v) is 2.31. The van der Waals surface area contributed by atoms with Crippen LogP contribution < -0.4 is 10.1 Å². The van der Waals surface area contributed by atoms with Crippen LogP contribution in [0.2, 0.25) is 0 Å². The van der Waals surface area contributed by atoms with Crippen LogP contribution in [0.15, 0.2) is 46.9 Å². The maximum Gasteiger partial charge on any atom is 0.141 e. The maximum atomic E-state index is 13.1.